The molecule has 0 N–H and O–H groups in total. The fraction of sp³-hybridized carbons (Fsp3) is 0.0714. The first-order valence-corrected chi connectivity index (χ1v) is 14.5. The van der Waals surface area contributed by atoms with E-state index in [0.717, 1.165) is 20.4 Å². The Morgan fingerprint density at radius 2 is 1.06 bits per heavy atom. The van der Waals surface area contributed by atoms with Crippen molar-refractivity contribution in [3.8, 4) is 0 Å². The molecule has 0 saturated carbocycles. The summed E-state index contributed by atoms with van der Waals surface area (Å²) in [5.41, 5.74) is 2.40. The van der Waals surface area contributed by atoms with Gasteiger partial charge in [0, 0.05) is 0 Å². The molecule has 4 aromatic rings. The zero-order valence-corrected chi connectivity index (χ0v) is 20.7. The molecule has 0 aliphatic heterocycles. The van der Waals surface area contributed by atoms with E-state index in [4.69, 9.17) is 0 Å². The third kappa shape index (κ3) is 4.78. The van der Waals surface area contributed by atoms with Gasteiger partial charge in [0.15, 0.2) is 0 Å². The number of hydrogen-bond donors (Lipinski definition) is 0. The molecule has 0 radical (unpaired) electrons. The Morgan fingerprint density at radius 1 is 0.645 bits per heavy atom. The Morgan fingerprint density at radius 3 is 1.52 bits per heavy atom. The van der Waals surface area contributed by atoms with Crippen LogP contribution in [0.4, 0.5) is 0 Å². The summed E-state index contributed by atoms with van der Waals surface area (Å²) in [5, 5.41) is 1.83. The fourth-order valence-corrected chi connectivity index (χ4v) is 12.6. The van der Waals surface area contributed by atoms with Gasteiger partial charge in [-0.2, -0.15) is 0 Å². The second-order valence-corrected chi connectivity index (χ2v) is 13.9. The molecule has 31 heavy (non-hydrogen) atoms. The van der Waals surface area contributed by atoms with Gasteiger partial charge in [0.05, 0.1) is 0 Å². The summed E-state index contributed by atoms with van der Waals surface area (Å²) in [7, 11) is -3.00. The van der Waals surface area contributed by atoms with Crippen molar-refractivity contribution in [3.05, 3.63) is 130 Å². The first-order valence-electron chi connectivity index (χ1n) is 10.5. The normalized spacial score (nSPS) is 12.3. The minimum absolute atomic E-state index is 0.848. The van der Waals surface area contributed by atoms with Crippen molar-refractivity contribution in [1.82, 2.24) is 0 Å². The van der Waals surface area contributed by atoms with Gasteiger partial charge in [-0.15, -0.1) is 0 Å². The second-order valence-electron chi connectivity index (χ2n) is 7.20. The third-order valence-electron chi connectivity index (χ3n) is 5.22. The molecule has 0 bridgehead atoms. The fourth-order valence-electron chi connectivity index (χ4n) is 3.69. The van der Waals surface area contributed by atoms with Crippen molar-refractivity contribution in [2.24, 2.45) is 0 Å². The molecule has 0 heterocycles. The summed E-state index contributed by atoms with van der Waals surface area (Å²) < 4.78 is 17.7. The molecule has 0 atom stereocenters. The van der Waals surface area contributed by atoms with Gasteiger partial charge in [-0.1, -0.05) is 0 Å². The zero-order valence-electron chi connectivity index (χ0n) is 17.5. The molecule has 0 aliphatic carbocycles. The van der Waals surface area contributed by atoms with E-state index >= 15 is 4.57 Å². The maximum atomic E-state index is 15.3. The minimum atomic E-state index is -3.00. The summed E-state index contributed by atoms with van der Waals surface area (Å²) in [6.45, 7) is 2.18. The summed E-state index contributed by atoms with van der Waals surface area (Å²) in [5.74, 6) is 0. The molecular formula is C28H25OPTe. The standard InChI is InChI=1S/C28H25OPTe/c1-2-27(23-15-7-3-8-16-23)28(31-26-21-13-6-14-22-26)30(29,24-17-9-4-10-18-24)25-19-11-5-12-20-25/h3-22H,2H2,1H3/b28-27+. The molecule has 0 spiro atoms. The molecule has 0 fully saturated rings. The number of hydrogen-bond acceptors (Lipinski definition) is 1. The van der Waals surface area contributed by atoms with Crippen molar-refractivity contribution in [3.63, 3.8) is 0 Å². The van der Waals surface area contributed by atoms with Crippen LogP contribution in [-0.4, -0.2) is 20.9 Å². The van der Waals surface area contributed by atoms with E-state index in [2.05, 4.69) is 55.5 Å². The predicted molar refractivity (Wildman–Crippen MR) is 135 cm³/mol. The van der Waals surface area contributed by atoms with Crippen LogP contribution in [0.5, 0.6) is 0 Å². The number of benzene rings is 4. The quantitative estimate of drug-likeness (QED) is 0.216. The molecule has 154 valence electrons. The summed E-state index contributed by atoms with van der Waals surface area (Å²) in [4.78, 5) is 0. The summed E-state index contributed by atoms with van der Waals surface area (Å²) in [6.07, 6.45) is 0.848. The molecule has 4 rings (SSSR count). The third-order valence-corrected chi connectivity index (χ3v) is 13.6. The average Bonchev–Trinajstić information content (AvgIpc) is 2.86. The van der Waals surface area contributed by atoms with Gasteiger partial charge in [0.2, 0.25) is 0 Å². The average molecular weight is 536 g/mol. The molecule has 0 amide bonds. The van der Waals surface area contributed by atoms with E-state index in [1.807, 2.05) is 72.8 Å². The van der Waals surface area contributed by atoms with Crippen molar-refractivity contribution >= 4 is 47.9 Å². The summed E-state index contributed by atoms with van der Waals surface area (Å²) in [6, 6.07) is 41.2. The summed E-state index contributed by atoms with van der Waals surface area (Å²) >= 11 is -0.871. The van der Waals surface area contributed by atoms with Crippen LogP contribution in [0.15, 0.2) is 125 Å². The van der Waals surface area contributed by atoms with Crippen LogP contribution in [0, 0.1) is 0 Å². The van der Waals surface area contributed by atoms with Crippen LogP contribution in [-0.2, 0) is 4.57 Å². The van der Waals surface area contributed by atoms with E-state index in [-0.39, 0.29) is 0 Å². The molecule has 0 aliphatic rings. The van der Waals surface area contributed by atoms with E-state index in [1.54, 1.807) is 0 Å². The maximum absolute atomic E-state index is 15.3. The molecule has 0 saturated heterocycles. The molecule has 0 aromatic heterocycles. The van der Waals surface area contributed by atoms with Gasteiger partial charge in [0.25, 0.3) is 0 Å². The van der Waals surface area contributed by atoms with Crippen LogP contribution < -0.4 is 14.2 Å². The van der Waals surface area contributed by atoms with Crippen LogP contribution in [0.1, 0.15) is 18.9 Å². The molecule has 4 aromatic carbocycles. The Balaban J connectivity index is 2.04. The van der Waals surface area contributed by atoms with Gasteiger partial charge in [-0.3, -0.25) is 0 Å². The first-order chi connectivity index (χ1) is 15.2. The SMILES string of the molecule is CC/C(=C(\[Te]c1ccccc1)P(=O)(c1ccccc1)c1ccccc1)c1ccccc1. The monoisotopic (exact) mass is 538 g/mol. The van der Waals surface area contributed by atoms with Gasteiger partial charge >= 0.3 is 196 Å². The van der Waals surface area contributed by atoms with Gasteiger partial charge in [0.1, 0.15) is 0 Å². The Kier molecular flexibility index (Phi) is 7.26. The zero-order chi connectivity index (χ0) is 21.5. The van der Waals surface area contributed by atoms with Crippen molar-refractivity contribution in [2.75, 3.05) is 0 Å². The van der Waals surface area contributed by atoms with E-state index in [1.165, 1.54) is 14.7 Å². The first kappa shape index (κ1) is 21.9. The number of allylic oxidation sites excluding steroid dienone is 1. The molecule has 0 unspecified atom stereocenters. The van der Waals surface area contributed by atoms with Gasteiger partial charge in [-0.25, -0.2) is 0 Å². The van der Waals surface area contributed by atoms with Crippen LogP contribution in [0.2, 0.25) is 0 Å². The molecule has 1 nitrogen and oxygen atoms in total. The van der Waals surface area contributed by atoms with Gasteiger partial charge in [-0.05, 0) is 0 Å². The van der Waals surface area contributed by atoms with Crippen molar-refractivity contribution in [2.45, 2.75) is 13.3 Å². The van der Waals surface area contributed by atoms with Crippen LogP contribution in [0.3, 0.4) is 0 Å². The second kappa shape index (κ2) is 10.3. The topological polar surface area (TPSA) is 17.1 Å². The predicted octanol–water partition coefficient (Wildman–Crippen LogP) is 5.81. The van der Waals surface area contributed by atoms with Crippen molar-refractivity contribution < 1.29 is 4.57 Å². The number of rotatable bonds is 7. The Hall–Kier alpha value is -2.36. The van der Waals surface area contributed by atoms with E-state index in [9.17, 15) is 0 Å². The van der Waals surface area contributed by atoms with E-state index < -0.39 is 28.1 Å². The van der Waals surface area contributed by atoms with Crippen LogP contribution >= 0.6 is 7.14 Å². The van der Waals surface area contributed by atoms with Crippen molar-refractivity contribution in [1.29, 1.82) is 0 Å². The van der Waals surface area contributed by atoms with Crippen LogP contribution in [0.25, 0.3) is 5.57 Å². The van der Waals surface area contributed by atoms with Gasteiger partial charge < -0.3 is 0 Å². The Bertz CT molecular complexity index is 1140. The molecular weight excluding hydrogens is 511 g/mol. The van der Waals surface area contributed by atoms with E-state index in [0.29, 0.717) is 0 Å². The molecule has 3 heteroatoms. The Labute approximate surface area is 195 Å².